The quantitative estimate of drug-likeness (QED) is 0.576. The van der Waals surface area contributed by atoms with Gasteiger partial charge in [0.05, 0.1) is 11.2 Å². The third kappa shape index (κ3) is 5.34. The van der Waals surface area contributed by atoms with Crippen molar-refractivity contribution in [2.24, 2.45) is 0 Å². The van der Waals surface area contributed by atoms with E-state index in [1.54, 1.807) is 0 Å². The zero-order valence-corrected chi connectivity index (χ0v) is 16.9. The fourth-order valence-electron chi connectivity index (χ4n) is 2.97. The van der Waals surface area contributed by atoms with E-state index in [9.17, 15) is 0 Å². The molecule has 0 spiro atoms. The van der Waals surface area contributed by atoms with Crippen molar-refractivity contribution >= 4 is 41.4 Å². The highest BCUT2D eigenvalue weighted by Gasteiger charge is 2.07. The summed E-state index contributed by atoms with van der Waals surface area (Å²) in [7, 11) is 0. The Morgan fingerprint density at radius 3 is 2.23 bits per heavy atom. The lowest BCUT2D eigenvalue weighted by Gasteiger charge is -2.19. The van der Waals surface area contributed by atoms with E-state index in [2.05, 4.69) is 72.6 Å². The number of pyridine rings is 1. The van der Waals surface area contributed by atoms with E-state index in [4.69, 9.17) is 4.98 Å². The van der Waals surface area contributed by atoms with Crippen LogP contribution in [0.5, 0.6) is 0 Å². The number of nitrogens with one attached hydrogen (secondary N) is 1. The maximum Gasteiger partial charge on any atom is 0.0730 e. The van der Waals surface area contributed by atoms with E-state index >= 15 is 0 Å². The van der Waals surface area contributed by atoms with Gasteiger partial charge < -0.3 is 10.2 Å². The molecule has 0 saturated carbocycles. The number of benzene rings is 2. The van der Waals surface area contributed by atoms with E-state index in [-0.39, 0.29) is 24.8 Å². The number of nitrogens with zero attached hydrogens (tertiary/aromatic N) is 2. The summed E-state index contributed by atoms with van der Waals surface area (Å²) in [6.45, 7) is 8.57. The highest BCUT2D eigenvalue weighted by Crippen LogP contribution is 2.28. The van der Waals surface area contributed by atoms with Gasteiger partial charge in [-0.2, -0.15) is 0 Å². The average molecular weight is 392 g/mol. The predicted molar refractivity (Wildman–Crippen MR) is 118 cm³/mol. The van der Waals surface area contributed by atoms with Crippen LogP contribution >= 0.6 is 24.8 Å². The van der Waals surface area contributed by atoms with Gasteiger partial charge in [0.15, 0.2) is 0 Å². The summed E-state index contributed by atoms with van der Waals surface area (Å²) in [6, 6.07) is 20.9. The Hall–Kier alpha value is -1.81. The SMILES string of the molecule is CCN(CC)CCNc1cc(-c2ccccc2)nc2ccccc12.Cl.Cl. The number of hydrogen-bond donors (Lipinski definition) is 1. The van der Waals surface area contributed by atoms with Gasteiger partial charge in [-0.15, -0.1) is 24.8 Å². The zero-order chi connectivity index (χ0) is 16.8. The summed E-state index contributed by atoms with van der Waals surface area (Å²) < 4.78 is 0. The first-order valence-corrected chi connectivity index (χ1v) is 8.73. The number of likely N-dealkylation sites (N-methyl/N-ethyl adjacent to an activating group) is 1. The molecule has 0 saturated heterocycles. The second kappa shape index (κ2) is 11.0. The van der Waals surface area contributed by atoms with Gasteiger partial charge in [-0.25, -0.2) is 4.98 Å². The molecule has 0 aliphatic rings. The van der Waals surface area contributed by atoms with E-state index in [0.717, 1.165) is 48.6 Å². The second-order valence-corrected chi connectivity index (χ2v) is 5.89. The number of aromatic nitrogens is 1. The molecule has 0 unspecified atom stereocenters. The standard InChI is InChI=1S/C21H25N3.2ClH/c1-3-24(4-2)15-14-22-21-16-20(17-10-6-5-7-11-17)23-19-13-9-8-12-18(19)21;;/h5-13,16H,3-4,14-15H2,1-2H3,(H,22,23);2*1H. The van der Waals surface area contributed by atoms with Gasteiger partial charge in [-0.05, 0) is 25.2 Å². The smallest absolute Gasteiger partial charge is 0.0730 e. The first-order valence-electron chi connectivity index (χ1n) is 8.73. The number of para-hydroxylation sites is 1. The van der Waals surface area contributed by atoms with Crippen molar-refractivity contribution in [2.75, 3.05) is 31.5 Å². The van der Waals surface area contributed by atoms with Crippen LogP contribution in [0.3, 0.4) is 0 Å². The normalized spacial score (nSPS) is 10.3. The lowest BCUT2D eigenvalue weighted by Crippen LogP contribution is -2.28. The molecular formula is C21H27Cl2N3. The average Bonchev–Trinajstić information content (AvgIpc) is 2.65. The third-order valence-electron chi connectivity index (χ3n) is 4.42. The molecule has 140 valence electrons. The summed E-state index contributed by atoms with van der Waals surface area (Å²) in [5, 5.41) is 4.79. The summed E-state index contributed by atoms with van der Waals surface area (Å²) in [5.41, 5.74) is 4.35. The summed E-state index contributed by atoms with van der Waals surface area (Å²) in [4.78, 5) is 7.26. The molecular weight excluding hydrogens is 365 g/mol. The molecule has 3 rings (SSSR count). The predicted octanol–water partition coefficient (Wildman–Crippen LogP) is 5.50. The number of fused-ring (bicyclic) bond motifs is 1. The van der Waals surface area contributed by atoms with Gasteiger partial charge in [0.2, 0.25) is 0 Å². The molecule has 26 heavy (non-hydrogen) atoms. The van der Waals surface area contributed by atoms with Crippen LogP contribution in [0.25, 0.3) is 22.2 Å². The summed E-state index contributed by atoms with van der Waals surface area (Å²) >= 11 is 0. The Morgan fingerprint density at radius 1 is 0.885 bits per heavy atom. The van der Waals surface area contributed by atoms with Crippen LogP contribution in [-0.2, 0) is 0 Å². The summed E-state index contributed by atoms with van der Waals surface area (Å²) in [5.74, 6) is 0. The minimum absolute atomic E-state index is 0. The molecule has 1 N–H and O–H groups in total. The van der Waals surface area contributed by atoms with Crippen molar-refractivity contribution < 1.29 is 0 Å². The van der Waals surface area contributed by atoms with E-state index in [1.807, 2.05) is 12.1 Å². The third-order valence-corrected chi connectivity index (χ3v) is 4.42. The van der Waals surface area contributed by atoms with Crippen LogP contribution in [-0.4, -0.2) is 36.1 Å². The van der Waals surface area contributed by atoms with Crippen LogP contribution in [0.1, 0.15) is 13.8 Å². The topological polar surface area (TPSA) is 28.2 Å². The van der Waals surface area contributed by atoms with Gasteiger partial charge in [-0.1, -0.05) is 62.4 Å². The maximum absolute atomic E-state index is 4.83. The minimum Gasteiger partial charge on any atom is -0.383 e. The summed E-state index contributed by atoms with van der Waals surface area (Å²) in [6.07, 6.45) is 0. The molecule has 3 nitrogen and oxygen atoms in total. The zero-order valence-electron chi connectivity index (χ0n) is 15.3. The molecule has 1 aromatic heterocycles. The van der Waals surface area contributed by atoms with Crippen molar-refractivity contribution in [1.29, 1.82) is 0 Å². The molecule has 0 aliphatic carbocycles. The Morgan fingerprint density at radius 2 is 1.54 bits per heavy atom. The Kier molecular flexibility index (Phi) is 9.42. The van der Waals surface area contributed by atoms with Crippen molar-refractivity contribution in [2.45, 2.75) is 13.8 Å². The fourth-order valence-corrected chi connectivity index (χ4v) is 2.97. The molecule has 0 amide bonds. The Bertz CT molecular complexity index is 790. The first-order chi connectivity index (χ1) is 11.8. The first kappa shape index (κ1) is 22.2. The van der Waals surface area contributed by atoms with E-state index in [0.29, 0.717) is 0 Å². The number of halogens is 2. The fraction of sp³-hybridized carbons (Fsp3) is 0.286. The van der Waals surface area contributed by atoms with Crippen molar-refractivity contribution in [3.05, 3.63) is 60.7 Å². The van der Waals surface area contributed by atoms with Crippen LogP contribution in [0.2, 0.25) is 0 Å². The van der Waals surface area contributed by atoms with Crippen LogP contribution in [0, 0.1) is 0 Å². The van der Waals surface area contributed by atoms with Crippen molar-refractivity contribution in [1.82, 2.24) is 9.88 Å². The highest BCUT2D eigenvalue weighted by molar-refractivity contribution is 5.93. The molecule has 0 bridgehead atoms. The number of anilines is 1. The lowest BCUT2D eigenvalue weighted by atomic mass is 10.1. The Labute approximate surface area is 168 Å². The molecule has 2 aromatic carbocycles. The van der Waals surface area contributed by atoms with E-state index < -0.39 is 0 Å². The van der Waals surface area contributed by atoms with Gasteiger partial charge in [-0.3, -0.25) is 0 Å². The monoisotopic (exact) mass is 391 g/mol. The van der Waals surface area contributed by atoms with E-state index in [1.165, 1.54) is 5.39 Å². The van der Waals surface area contributed by atoms with Gasteiger partial charge in [0, 0.05) is 29.7 Å². The molecule has 5 heteroatoms. The largest absolute Gasteiger partial charge is 0.383 e. The van der Waals surface area contributed by atoms with Gasteiger partial charge >= 0.3 is 0 Å². The molecule has 0 fully saturated rings. The second-order valence-electron chi connectivity index (χ2n) is 5.89. The maximum atomic E-state index is 4.83. The van der Waals surface area contributed by atoms with Gasteiger partial charge in [0.1, 0.15) is 0 Å². The molecule has 3 aromatic rings. The van der Waals surface area contributed by atoms with Crippen LogP contribution in [0.4, 0.5) is 5.69 Å². The molecule has 0 radical (unpaired) electrons. The highest BCUT2D eigenvalue weighted by atomic mass is 35.5. The molecule has 0 aliphatic heterocycles. The van der Waals surface area contributed by atoms with Crippen molar-refractivity contribution in [3.63, 3.8) is 0 Å². The van der Waals surface area contributed by atoms with Crippen LogP contribution < -0.4 is 5.32 Å². The molecule has 1 heterocycles. The number of hydrogen-bond acceptors (Lipinski definition) is 3. The lowest BCUT2D eigenvalue weighted by molar-refractivity contribution is 0.316. The Balaban J connectivity index is 0.00000169. The van der Waals surface area contributed by atoms with Crippen molar-refractivity contribution in [3.8, 4) is 11.3 Å². The van der Waals surface area contributed by atoms with Gasteiger partial charge in [0.25, 0.3) is 0 Å². The minimum atomic E-state index is 0. The number of rotatable bonds is 7. The molecule has 0 atom stereocenters. The van der Waals surface area contributed by atoms with Crippen LogP contribution in [0.15, 0.2) is 60.7 Å².